The van der Waals surface area contributed by atoms with Crippen molar-refractivity contribution in [1.82, 2.24) is 5.16 Å². The maximum atomic E-state index is 14.1. The molecule has 0 bridgehead atoms. The number of aryl methyl sites for hydroxylation is 2. The third kappa shape index (κ3) is 3.99. The van der Waals surface area contributed by atoms with Gasteiger partial charge < -0.3 is 14.9 Å². The van der Waals surface area contributed by atoms with E-state index in [0.29, 0.717) is 28.6 Å². The van der Waals surface area contributed by atoms with Crippen LogP contribution in [0, 0.1) is 6.92 Å². The summed E-state index contributed by atoms with van der Waals surface area (Å²) >= 11 is 0. The number of anilines is 1. The van der Waals surface area contributed by atoms with Crippen molar-refractivity contribution in [1.29, 1.82) is 0 Å². The van der Waals surface area contributed by atoms with Crippen LogP contribution in [0.15, 0.2) is 51.8 Å². The van der Waals surface area contributed by atoms with E-state index in [1.807, 2.05) is 24.3 Å². The molecule has 0 amide bonds. The quantitative estimate of drug-likeness (QED) is 0.584. The van der Waals surface area contributed by atoms with Crippen LogP contribution in [-0.4, -0.2) is 28.6 Å². The van der Waals surface area contributed by atoms with Gasteiger partial charge in [-0.05, 0) is 67.3 Å². The van der Waals surface area contributed by atoms with Crippen molar-refractivity contribution in [3.8, 4) is 0 Å². The normalized spacial score (nSPS) is 20.6. The summed E-state index contributed by atoms with van der Waals surface area (Å²) in [6, 6.07) is 12.0. The van der Waals surface area contributed by atoms with Gasteiger partial charge in [0, 0.05) is 11.1 Å². The largest absolute Gasteiger partial charge is 0.418 e. The monoisotopic (exact) mass is 446 g/mol. The number of rotatable bonds is 5. The van der Waals surface area contributed by atoms with Crippen LogP contribution in [0.5, 0.6) is 0 Å². The highest BCUT2D eigenvalue weighted by molar-refractivity contribution is 5.86. The fourth-order valence-electron chi connectivity index (χ4n) is 4.81. The van der Waals surface area contributed by atoms with E-state index in [2.05, 4.69) is 15.0 Å². The van der Waals surface area contributed by atoms with Crippen LogP contribution in [0.25, 0.3) is 10.8 Å². The Bertz CT molecular complexity index is 1210. The van der Waals surface area contributed by atoms with Crippen molar-refractivity contribution in [2.45, 2.75) is 56.7 Å². The number of aliphatic hydroxyl groups is 1. The summed E-state index contributed by atoms with van der Waals surface area (Å²) < 4.78 is 47.1. The fourth-order valence-corrected chi connectivity index (χ4v) is 4.81. The van der Waals surface area contributed by atoms with Crippen LogP contribution >= 0.6 is 0 Å². The molecule has 2 unspecified atom stereocenters. The van der Waals surface area contributed by atoms with Crippen molar-refractivity contribution < 1.29 is 22.8 Å². The molecular formula is C24H25F3N2O3. The number of halogens is 3. The van der Waals surface area contributed by atoms with E-state index >= 15 is 0 Å². The minimum atomic E-state index is -4.83. The van der Waals surface area contributed by atoms with Gasteiger partial charge in [0.2, 0.25) is 0 Å². The van der Waals surface area contributed by atoms with E-state index in [1.54, 1.807) is 19.9 Å². The molecule has 0 aliphatic heterocycles. The lowest BCUT2D eigenvalue weighted by atomic mass is 9.66. The van der Waals surface area contributed by atoms with Gasteiger partial charge in [-0.15, -0.1) is 0 Å². The first-order valence-corrected chi connectivity index (χ1v) is 10.5. The zero-order chi connectivity index (χ0) is 23.1. The first-order valence-electron chi connectivity index (χ1n) is 10.5. The predicted molar refractivity (Wildman–Crippen MR) is 116 cm³/mol. The molecule has 1 heterocycles. The summed E-state index contributed by atoms with van der Waals surface area (Å²) in [6.07, 6.45) is -3.11. The Kier molecular flexibility index (Phi) is 5.53. The molecule has 2 N–H and O–H groups in total. The molecule has 0 saturated heterocycles. The van der Waals surface area contributed by atoms with Crippen LogP contribution in [0.1, 0.15) is 43.0 Å². The molecule has 0 spiro atoms. The van der Waals surface area contributed by atoms with E-state index in [1.165, 1.54) is 12.1 Å². The van der Waals surface area contributed by atoms with Gasteiger partial charge in [0.15, 0.2) is 5.60 Å². The molecule has 0 fully saturated rings. The Hall–Kier alpha value is -2.87. The molecule has 32 heavy (non-hydrogen) atoms. The maximum Gasteiger partial charge on any atom is 0.418 e. The minimum absolute atomic E-state index is 0.292. The predicted octanol–water partition coefficient (Wildman–Crippen LogP) is 4.89. The summed E-state index contributed by atoms with van der Waals surface area (Å²) in [5.74, 6) is 0. The van der Waals surface area contributed by atoms with Crippen LogP contribution in [-0.2, 0) is 11.8 Å². The second kappa shape index (κ2) is 7.92. The molecule has 0 saturated carbocycles. The third-order valence-corrected chi connectivity index (χ3v) is 6.53. The molecular weight excluding hydrogens is 421 g/mol. The number of aromatic nitrogens is 1. The molecule has 4 rings (SSSR count). The first kappa shape index (κ1) is 22.3. The maximum absolute atomic E-state index is 14.1. The van der Waals surface area contributed by atoms with E-state index < -0.39 is 35.8 Å². The summed E-state index contributed by atoms with van der Waals surface area (Å²) in [5.41, 5.74) is -1.66. The number of hydrogen-bond acceptors (Lipinski definition) is 5. The average Bonchev–Trinajstić information content (AvgIpc) is 2.74. The smallest absolute Gasteiger partial charge is 0.382 e. The fraction of sp³-hybridized carbons (Fsp3) is 0.417. The lowest BCUT2D eigenvalue weighted by Gasteiger charge is -2.43. The number of benzene rings is 2. The molecule has 1 aromatic heterocycles. The van der Waals surface area contributed by atoms with Crippen LogP contribution in [0.4, 0.5) is 18.9 Å². The van der Waals surface area contributed by atoms with Crippen LogP contribution < -0.4 is 10.9 Å². The van der Waals surface area contributed by atoms with Crippen LogP contribution in [0.2, 0.25) is 0 Å². The number of nitrogens with zero attached hydrogens (tertiary/aromatic N) is 1. The average molecular weight is 446 g/mol. The van der Waals surface area contributed by atoms with Crippen LogP contribution in [0.3, 0.4) is 0 Å². The molecule has 5 nitrogen and oxygen atoms in total. The van der Waals surface area contributed by atoms with Crippen molar-refractivity contribution in [2.24, 2.45) is 0 Å². The Morgan fingerprint density at radius 3 is 2.69 bits per heavy atom. The number of fused-ring (bicyclic) bond motifs is 2. The van der Waals surface area contributed by atoms with E-state index in [9.17, 15) is 23.1 Å². The second-order valence-electron chi connectivity index (χ2n) is 8.95. The molecule has 170 valence electrons. The lowest BCUT2D eigenvalue weighted by Crippen LogP contribution is -2.54. The highest BCUT2D eigenvalue weighted by atomic mass is 19.4. The number of alkyl halides is 3. The Balaban J connectivity index is 1.63. The van der Waals surface area contributed by atoms with Gasteiger partial charge in [-0.25, -0.2) is 4.79 Å². The first-order chi connectivity index (χ1) is 15.0. The van der Waals surface area contributed by atoms with Gasteiger partial charge >= 0.3 is 11.8 Å². The molecule has 0 radical (unpaired) electrons. The van der Waals surface area contributed by atoms with Gasteiger partial charge in [0.25, 0.3) is 0 Å². The topological polar surface area (TPSA) is 75.4 Å². The van der Waals surface area contributed by atoms with Gasteiger partial charge in [-0.1, -0.05) is 36.3 Å². The van der Waals surface area contributed by atoms with E-state index in [-0.39, 0.29) is 0 Å². The van der Waals surface area contributed by atoms with Gasteiger partial charge in [-0.2, -0.15) is 13.2 Å². The minimum Gasteiger partial charge on any atom is -0.382 e. The Morgan fingerprint density at radius 1 is 1.19 bits per heavy atom. The molecule has 3 aromatic rings. The number of hydrogen-bond donors (Lipinski definition) is 2. The third-order valence-electron chi connectivity index (χ3n) is 6.53. The molecule has 8 heteroatoms. The summed E-state index contributed by atoms with van der Waals surface area (Å²) in [7, 11) is 0. The zero-order valence-electron chi connectivity index (χ0n) is 17.9. The standard InChI is InChI=1S/C24H25F3N2O3/c1-15-19-12-17(9-10-18(19)21(30)32-29-15)28-14-23(31,24(25,26)27)13-22(2)11-5-7-16-6-3-4-8-20(16)22/h3-4,6,8-10,12,28,31H,5,7,11,13-14H2,1-2H3. The van der Waals surface area contributed by atoms with Crippen molar-refractivity contribution in [3.63, 3.8) is 0 Å². The number of nitrogens with one attached hydrogen (secondary N) is 1. The molecule has 1 aliphatic carbocycles. The second-order valence-corrected chi connectivity index (χ2v) is 8.95. The molecule has 2 aromatic carbocycles. The highest BCUT2D eigenvalue weighted by Gasteiger charge is 2.56. The Morgan fingerprint density at radius 2 is 1.94 bits per heavy atom. The van der Waals surface area contributed by atoms with Gasteiger partial charge in [-0.3, -0.25) is 0 Å². The van der Waals surface area contributed by atoms with Crippen molar-refractivity contribution >= 4 is 16.5 Å². The van der Waals surface area contributed by atoms with Gasteiger partial charge in [0.1, 0.15) is 0 Å². The van der Waals surface area contributed by atoms with E-state index in [4.69, 9.17) is 0 Å². The van der Waals surface area contributed by atoms with Crippen molar-refractivity contribution in [3.05, 3.63) is 69.7 Å². The summed E-state index contributed by atoms with van der Waals surface area (Å²) in [4.78, 5) is 11.8. The summed E-state index contributed by atoms with van der Waals surface area (Å²) in [5, 5.41) is 18.1. The highest BCUT2D eigenvalue weighted by Crippen LogP contribution is 2.46. The molecule has 1 aliphatic rings. The lowest BCUT2D eigenvalue weighted by molar-refractivity contribution is -0.261. The Labute approximate surface area is 183 Å². The SMILES string of the molecule is Cc1noc(=O)c2ccc(NCC(O)(CC3(C)CCCc4ccccc43)C(F)(F)F)cc12. The molecule has 2 atom stereocenters. The van der Waals surface area contributed by atoms with E-state index in [0.717, 1.165) is 24.0 Å². The van der Waals surface area contributed by atoms with Gasteiger partial charge in [0.05, 0.1) is 17.6 Å². The summed E-state index contributed by atoms with van der Waals surface area (Å²) in [6.45, 7) is 2.72. The van der Waals surface area contributed by atoms with Crippen molar-refractivity contribution in [2.75, 3.05) is 11.9 Å². The zero-order valence-corrected chi connectivity index (χ0v) is 17.9.